The summed E-state index contributed by atoms with van der Waals surface area (Å²) in [6.45, 7) is 3.44. The van der Waals surface area contributed by atoms with Gasteiger partial charge in [-0.05, 0) is 36.8 Å². The van der Waals surface area contributed by atoms with E-state index in [4.69, 9.17) is 5.26 Å². The highest BCUT2D eigenvalue weighted by Gasteiger charge is 2.12. The van der Waals surface area contributed by atoms with Crippen molar-refractivity contribution in [3.8, 4) is 6.07 Å². The third-order valence-corrected chi connectivity index (χ3v) is 3.92. The summed E-state index contributed by atoms with van der Waals surface area (Å²) in [6, 6.07) is 12.5. The molecule has 0 unspecified atom stereocenters. The van der Waals surface area contributed by atoms with Gasteiger partial charge in [-0.2, -0.15) is 5.26 Å². The Kier molecular flexibility index (Phi) is 5.05. The van der Waals surface area contributed by atoms with Crippen molar-refractivity contribution < 1.29 is 4.79 Å². The molecule has 3 aromatic rings. The number of carbonyl (C=O) groups excluding carboxylic acids is 1. The lowest BCUT2D eigenvalue weighted by molar-refractivity contribution is 0.0954. The number of rotatable bonds is 6. The van der Waals surface area contributed by atoms with Gasteiger partial charge in [-0.3, -0.25) is 4.79 Å². The first kappa shape index (κ1) is 16.7. The van der Waals surface area contributed by atoms with Gasteiger partial charge in [0.15, 0.2) is 5.65 Å². The van der Waals surface area contributed by atoms with Gasteiger partial charge in [-0.15, -0.1) is 0 Å². The second kappa shape index (κ2) is 7.58. The number of fused-ring (bicyclic) bond motifs is 1. The molecule has 126 valence electrons. The number of hydrogen-bond acceptors (Lipinski definition) is 4. The van der Waals surface area contributed by atoms with Crippen LogP contribution in [-0.2, 0) is 13.0 Å². The van der Waals surface area contributed by atoms with Gasteiger partial charge in [0.25, 0.3) is 5.91 Å². The van der Waals surface area contributed by atoms with Crippen molar-refractivity contribution in [1.29, 1.82) is 5.26 Å². The molecule has 6 heteroatoms. The molecule has 6 nitrogen and oxygen atoms in total. The minimum atomic E-state index is -0.187. The van der Waals surface area contributed by atoms with Gasteiger partial charge < -0.3 is 9.88 Å². The number of nitriles is 1. The number of benzene rings is 1. The van der Waals surface area contributed by atoms with Crippen LogP contribution >= 0.6 is 0 Å². The van der Waals surface area contributed by atoms with E-state index < -0.39 is 0 Å². The second-order valence-electron chi connectivity index (χ2n) is 5.72. The van der Waals surface area contributed by atoms with Gasteiger partial charge in [-0.1, -0.05) is 13.0 Å². The van der Waals surface area contributed by atoms with E-state index in [1.165, 1.54) is 0 Å². The number of aryl methyl sites for hydroxylation is 1. The summed E-state index contributed by atoms with van der Waals surface area (Å²) in [6.07, 6.45) is 3.38. The standard InChI is InChI=1S/C19H19N5O/c1-2-11-24-17(23-16-7-4-9-21-18(16)24)8-10-22-19(25)15-6-3-5-14(12-15)13-20/h3-7,9,12H,2,8,10-11H2,1H3,(H,22,25). The van der Waals surface area contributed by atoms with E-state index in [9.17, 15) is 4.79 Å². The van der Waals surface area contributed by atoms with Crippen LogP contribution in [0.15, 0.2) is 42.6 Å². The number of imidazole rings is 1. The number of carbonyl (C=O) groups is 1. The lowest BCUT2D eigenvalue weighted by atomic mass is 10.1. The van der Waals surface area contributed by atoms with Crippen LogP contribution < -0.4 is 5.32 Å². The van der Waals surface area contributed by atoms with Crippen molar-refractivity contribution in [2.75, 3.05) is 6.54 Å². The average molecular weight is 333 g/mol. The number of amides is 1. The Bertz CT molecular complexity index is 938. The molecule has 1 amide bonds. The first-order chi connectivity index (χ1) is 12.2. The molecule has 1 aromatic carbocycles. The summed E-state index contributed by atoms with van der Waals surface area (Å²) < 4.78 is 2.11. The number of nitrogens with zero attached hydrogens (tertiary/aromatic N) is 4. The van der Waals surface area contributed by atoms with Crippen molar-refractivity contribution >= 4 is 17.1 Å². The topological polar surface area (TPSA) is 83.6 Å². The van der Waals surface area contributed by atoms with Crippen molar-refractivity contribution in [3.63, 3.8) is 0 Å². The van der Waals surface area contributed by atoms with Crippen LogP contribution in [0.3, 0.4) is 0 Å². The van der Waals surface area contributed by atoms with E-state index in [1.54, 1.807) is 30.5 Å². The molecule has 0 spiro atoms. The predicted octanol–water partition coefficient (Wildman–Crippen LogP) is 2.69. The maximum absolute atomic E-state index is 12.2. The summed E-state index contributed by atoms with van der Waals surface area (Å²) in [5, 5.41) is 11.8. The molecule has 0 atom stereocenters. The maximum Gasteiger partial charge on any atom is 0.251 e. The molecule has 0 aliphatic rings. The average Bonchev–Trinajstić information content (AvgIpc) is 3.00. The molecule has 0 aliphatic heterocycles. The summed E-state index contributed by atoms with van der Waals surface area (Å²) in [5.41, 5.74) is 2.72. The third kappa shape index (κ3) is 3.66. The van der Waals surface area contributed by atoms with E-state index in [-0.39, 0.29) is 5.91 Å². The van der Waals surface area contributed by atoms with E-state index in [0.717, 1.165) is 30.0 Å². The second-order valence-corrected chi connectivity index (χ2v) is 5.72. The summed E-state index contributed by atoms with van der Waals surface area (Å²) >= 11 is 0. The molecule has 0 bridgehead atoms. The SMILES string of the molecule is CCCn1c(CCNC(=O)c2cccc(C#N)c2)nc2cccnc21. The molecule has 0 saturated heterocycles. The Morgan fingerprint density at radius 1 is 1.32 bits per heavy atom. The molecular formula is C19H19N5O. The van der Waals surface area contributed by atoms with Crippen molar-refractivity contribution in [3.05, 3.63) is 59.5 Å². The third-order valence-electron chi connectivity index (χ3n) is 3.92. The van der Waals surface area contributed by atoms with Crippen LogP contribution in [0.5, 0.6) is 0 Å². The molecule has 3 rings (SSSR count). The normalized spacial score (nSPS) is 10.6. The zero-order valence-electron chi connectivity index (χ0n) is 14.1. The molecular weight excluding hydrogens is 314 g/mol. The first-order valence-corrected chi connectivity index (χ1v) is 8.31. The fraction of sp³-hybridized carbons (Fsp3) is 0.263. The van der Waals surface area contributed by atoms with Crippen LogP contribution in [0.1, 0.15) is 35.1 Å². The molecule has 2 heterocycles. The first-order valence-electron chi connectivity index (χ1n) is 8.31. The summed E-state index contributed by atoms with van der Waals surface area (Å²) in [5.74, 6) is 0.731. The van der Waals surface area contributed by atoms with Crippen molar-refractivity contribution in [2.24, 2.45) is 0 Å². The number of hydrogen-bond donors (Lipinski definition) is 1. The van der Waals surface area contributed by atoms with Crippen LogP contribution in [0.2, 0.25) is 0 Å². The van der Waals surface area contributed by atoms with Gasteiger partial charge >= 0.3 is 0 Å². The minimum Gasteiger partial charge on any atom is -0.352 e. The van der Waals surface area contributed by atoms with Gasteiger partial charge in [0.2, 0.25) is 0 Å². The monoisotopic (exact) mass is 333 g/mol. The van der Waals surface area contributed by atoms with Crippen molar-refractivity contribution in [1.82, 2.24) is 19.9 Å². The highest BCUT2D eigenvalue weighted by atomic mass is 16.1. The zero-order valence-corrected chi connectivity index (χ0v) is 14.1. The van der Waals surface area contributed by atoms with Gasteiger partial charge in [0.1, 0.15) is 11.3 Å². The Hall–Kier alpha value is -3.20. The fourth-order valence-corrected chi connectivity index (χ4v) is 2.77. The highest BCUT2D eigenvalue weighted by molar-refractivity contribution is 5.94. The molecule has 25 heavy (non-hydrogen) atoms. The molecule has 2 aromatic heterocycles. The molecule has 1 N–H and O–H groups in total. The van der Waals surface area contributed by atoms with E-state index >= 15 is 0 Å². The van der Waals surface area contributed by atoms with Gasteiger partial charge in [0.05, 0.1) is 11.6 Å². The quantitative estimate of drug-likeness (QED) is 0.752. The van der Waals surface area contributed by atoms with E-state index in [2.05, 4.69) is 26.8 Å². The lowest BCUT2D eigenvalue weighted by Gasteiger charge is -2.08. The van der Waals surface area contributed by atoms with Gasteiger partial charge in [-0.25, -0.2) is 9.97 Å². The lowest BCUT2D eigenvalue weighted by Crippen LogP contribution is -2.26. The van der Waals surface area contributed by atoms with Crippen LogP contribution in [0.4, 0.5) is 0 Å². The Labute approximate surface area is 146 Å². The largest absolute Gasteiger partial charge is 0.352 e. The molecule has 0 radical (unpaired) electrons. The fourth-order valence-electron chi connectivity index (χ4n) is 2.77. The number of pyridine rings is 1. The van der Waals surface area contributed by atoms with Crippen LogP contribution in [0.25, 0.3) is 11.2 Å². The summed E-state index contributed by atoms with van der Waals surface area (Å²) in [4.78, 5) is 21.3. The van der Waals surface area contributed by atoms with Crippen molar-refractivity contribution in [2.45, 2.75) is 26.3 Å². The van der Waals surface area contributed by atoms with E-state index in [1.807, 2.05) is 18.2 Å². The molecule has 0 fully saturated rings. The Balaban J connectivity index is 1.69. The number of nitrogens with one attached hydrogen (secondary N) is 1. The van der Waals surface area contributed by atoms with Crippen LogP contribution in [0, 0.1) is 11.3 Å². The Morgan fingerprint density at radius 3 is 3.00 bits per heavy atom. The highest BCUT2D eigenvalue weighted by Crippen LogP contribution is 2.14. The molecule has 0 saturated carbocycles. The summed E-state index contributed by atoms with van der Waals surface area (Å²) in [7, 11) is 0. The van der Waals surface area contributed by atoms with Gasteiger partial charge in [0, 0.05) is 31.3 Å². The minimum absolute atomic E-state index is 0.187. The van der Waals surface area contributed by atoms with Crippen LogP contribution in [-0.4, -0.2) is 27.0 Å². The van der Waals surface area contributed by atoms with E-state index in [0.29, 0.717) is 24.1 Å². The number of aromatic nitrogens is 3. The maximum atomic E-state index is 12.2. The predicted molar refractivity (Wildman–Crippen MR) is 95.0 cm³/mol. The Morgan fingerprint density at radius 2 is 2.20 bits per heavy atom. The smallest absolute Gasteiger partial charge is 0.251 e. The zero-order chi connectivity index (χ0) is 17.6. The molecule has 0 aliphatic carbocycles.